The number of hydrogen-bond acceptors (Lipinski definition) is 5. The number of Topliss-reactive ketones (excluding diaryl/α,β-unsaturated/α-hetero) is 1. The first-order valence-corrected chi connectivity index (χ1v) is 9.38. The van der Waals surface area contributed by atoms with Crippen molar-refractivity contribution in [2.75, 3.05) is 13.6 Å². The summed E-state index contributed by atoms with van der Waals surface area (Å²) < 4.78 is 0. The molecule has 3 N–H and O–H groups in total. The Hall–Kier alpha value is -1.92. The molecule has 0 aromatic heterocycles. The van der Waals surface area contributed by atoms with E-state index in [1.807, 2.05) is 13.1 Å². The van der Waals surface area contributed by atoms with Gasteiger partial charge in [-0.3, -0.25) is 9.59 Å². The van der Waals surface area contributed by atoms with Crippen LogP contribution in [0.5, 0.6) is 5.75 Å². The lowest BCUT2D eigenvalue weighted by molar-refractivity contribution is -0.174. The lowest BCUT2D eigenvalue weighted by Gasteiger charge is -2.63. The van der Waals surface area contributed by atoms with Gasteiger partial charge in [0, 0.05) is 30.7 Å². The number of nitrogens with one attached hydrogen (secondary N) is 1. The summed E-state index contributed by atoms with van der Waals surface area (Å²) >= 11 is 0. The highest BCUT2D eigenvalue weighted by atomic mass is 16.3. The third-order valence-corrected chi connectivity index (χ3v) is 6.86. The fourth-order valence-corrected chi connectivity index (χ4v) is 5.45. The van der Waals surface area contributed by atoms with Gasteiger partial charge in [-0.2, -0.15) is 0 Å². The van der Waals surface area contributed by atoms with E-state index in [1.54, 1.807) is 19.1 Å². The summed E-state index contributed by atoms with van der Waals surface area (Å²) in [7, 11) is 2.01. The number of piperidine rings is 1. The van der Waals surface area contributed by atoms with E-state index < -0.39 is 17.1 Å². The monoisotopic (exact) mass is 358 g/mol. The second-order valence-corrected chi connectivity index (χ2v) is 8.12. The van der Waals surface area contributed by atoms with Crippen LogP contribution in [0, 0.1) is 0 Å². The van der Waals surface area contributed by atoms with E-state index in [0.29, 0.717) is 19.3 Å². The van der Waals surface area contributed by atoms with Crippen LogP contribution in [0.15, 0.2) is 18.2 Å². The van der Waals surface area contributed by atoms with Crippen molar-refractivity contribution >= 4 is 11.7 Å². The van der Waals surface area contributed by atoms with Gasteiger partial charge >= 0.3 is 0 Å². The molecule has 4 atom stereocenters. The molecule has 1 aromatic carbocycles. The number of aromatic hydroxyl groups is 1. The molecule has 6 nitrogen and oxygen atoms in total. The van der Waals surface area contributed by atoms with Gasteiger partial charge in [-0.15, -0.1) is 0 Å². The number of carbonyl (C=O) groups is 2. The van der Waals surface area contributed by atoms with E-state index in [1.165, 1.54) is 0 Å². The van der Waals surface area contributed by atoms with Crippen LogP contribution < -0.4 is 5.32 Å². The minimum atomic E-state index is -1.11. The minimum absolute atomic E-state index is 0.0315. The maximum atomic E-state index is 12.9. The Bertz CT molecular complexity index is 779. The SMILES string of the molecule is CCC(=O)N[C@H]1C[C@@]2(O)[C@H]3Cc4ccc(O)cc4[C@@]2(CCN3C)CC1=O. The van der Waals surface area contributed by atoms with Gasteiger partial charge in [-0.1, -0.05) is 13.0 Å². The summed E-state index contributed by atoms with van der Waals surface area (Å²) in [4.78, 5) is 26.9. The van der Waals surface area contributed by atoms with Crippen molar-refractivity contribution in [3.63, 3.8) is 0 Å². The first-order valence-electron chi connectivity index (χ1n) is 9.38. The first kappa shape index (κ1) is 17.5. The maximum absolute atomic E-state index is 12.9. The summed E-state index contributed by atoms with van der Waals surface area (Å²) in [5.41, 5.74) is 0.187. The van der Waals surface area contributed by atoms with Crippen molar-refractivity contribution in [1.82, 2.24) is 10.2 Å². The number of aliphatic hydroxyl groups is 1. The van der Waals surface area contributed by atoms with Crippen LogP contribution in [0.25, 0.3) is 0 Å². The third kappa shape index (κ3) is 2.25. The number of fused-ring (bicyclic) bond motifs is 1. The van der Waals surface area contributed by atoms with E-state index in [-0.39, 0.29) is 36.3 Å². The number of hydrogen-bond donors (Lipinski definition) is 3. The Morgan fingerprint density at radius 1 is 1.42 bits per heavy atom. The first-order chi connectivity index (χ1) is 12.3. The normalized spacial score (nSPS) is 36.2. The van der Waals surface area contributed by atoms with Gasteiger partial charge in [0.25, 0.3) is 0 Å². The molecular weight excluding hydrogens is 332 g/mol. The molecule has 1 saturated carbocycles. The summed E-state index contributed by atoms with van der Waals surface area (Å²) in [5.74, 6) is -0.0436. The summed E-state index contributed by atoms with van der Waals surface area (Å²) in [6, 6.07) is 4.55. The predicted octanol–water partition coefficient (Wildman–Crippen LogP) is 0.879. The summed E-state index contributed by atoms with van der Waals surface area (Å²) in [6.45, 7) is 2.54. The van der Waals surface area contributed by atoms with E-state index >= 15 is 0 Å². The van der Waals surface area contributed by atoms with Crippen molar-refractivity contribution in [1.29, 1.82) is 0 Å². The van der Waals surface area contributed by atoms with Crippen molar-refractivity contribution < 1.29 is 19.8 Å². The molecule has 1 heterocycles. The predicted molar refractivity (Wildman–Crippen MR) is 95.9 cm³/mol. The van der Waals surface area contributed by atoms with Gasteiger partial charge in [0.15, 0.2) is 5.78 Å². The van der Waals surface area contributed by atoms with Crippen LogP contribution in [0.2, 0.25) is 0 Å². The zero-order valence-corrected chi connectivity index (χ0v) is 15.3. The Morgan fingerprint density at radius 2 is 2.19 bits per heavy atom. The molecule has 26 heavy (non-hydrogen) atoms. The number of phenolic OH excluding ortho intramolecular Hbond substituents is 1. The number of ketones is 1. The number of phenols is 1. The molecule has 4 rings (SSSR count). The van der Waals surface area contributed by atoms with Gasteiger partial charge < -0.3 is 20.4 Å². The van der Waals surface area contributed by atoms with Crippen LogP contribution in [-0.2, 0) is 21.4 Å². The van der Waals surface area contributed by atoms with Crippen molar-refractivity contribution in [2.45, 2.75) is 62.1 Å². The molecule has 6 heteroatoms. The molecule has 0 spiro atoms. The van der Waals surface area contributed by atoms with Crippen molar-refractivity contribution in [2.24, 2.45) is 0 Å². The van der Waals surface area contributed by atoms with Crippen molar-refractivity contribution in [3.8, 4) is 5.75 Å². The molecule has 1 saturated heterocycles. The highest BCUT2D eigenvalue weighted by Crippen LogP contribution is 2.57. The van der Waals surface area contributed by atoms with E-state index in [4.69, 9.17) is 0 Å². The molecular formula is C20H26N2O4. The minimum Gasteiger partial charge on any atom is -0.508 e. The number of likely N-dealkylation sites (tertiary alicyclic amines) is 1. The number of likely N-dealkylation sites (N-methyl/N-ethyl adjacent to an activating group) is 1. The molecule has 2 fully saturated rings. The molecule has 3 aliphatic rings. The lowest BCUT2D eigenvalue weighted by atomic mass is 9.48. The van der Waals surface area contributed by atoms with Crippen LogP contribution in [0.1, 0.15) is 43.7 Å². The highest BCUT2D eigenvalue weighted by Gasteiger charge is 2.66. The Balaban J connectivity index is 1.83. The van der Waals surface area contributed by atoms with Gasteiger partial charge in [-0.25, -0.2) is 0 Å². The Morgan fingerprint density at radius 3 is 2.92 bits per heavy atom. The smallest absolute Gasteiger partial charge is 0.220 e. The molecule has 140 valence electrons. The standard InChI is InChI=1S/C20H26N2O4/c1-3-18(25)21-15-10-20(26)17-8-12-4-5-13(23)9-14(12)19(20,11-16(15)24)6-7-22(17)2/h4-5,9,15,17,23,26H,3,6-8,10-11H2,1-2H3,(H,21,25)/t15-,17+,19+,20+/m0/s1. The highest BCUT2D eigenvalue weighted by molar-refractivity contribution is 5.91. The molecule has 1 aromatic rings. The molecule has 0 radical (unpaired) electrons. The number of rotatable bonds is 2. The number of amides is 1. The van der Waals surface area contributed by atoms with E-state index in [9.17, 15) is 19.8 Å². The average molecular weight is 358 g/mol. The Labute approximate surface area is 153 Å². The lowest BCUT2D eigenvalue weighted by Crippen LogP contribution is -2.75. The maximum Gasteiger partial charge on any atom is 0.220 e. The van der Waals surface area contributed by atoms with E-state index in [2.05, 4.69) is 10.2 Å². The van der Waals surface area contributed by atoms with Crippen LogP contribution >= 0.6 is 0 Å². The van der Waals surface area contributed by atoms with Crippen molar-refractivity contribution in [3.05, 3.63) is 29.3 Å². The van der Waals surface area contributed by atoms with Crippen LogP contribution in [-0.4, -0.2) is 58.1 Å². The largest absolute Gasteiger partial charge is 0.508 e. The van der Waals surface area contributed by atoms with Crippen LogP contribution in [0.3, 0.4) is 0 Å². The molecule has 1 aliphatic heterocycles. The zero-order chi connectivity index (χ0) is 18.7. The number of nitrogens with zero attached hydrogens (tertiary/aromatic N) is 1. The quantitative estimate of drug-likeness (QED) is 0.730. The van der Waals surface area contributed by atoms with Gasteiger partial charge in [0.05, 0.1) is 11.6 Å². The van der Waals surface area contributed by atoms with Gasteiger partial charge in [-0.05, 0) is 49.7 Å². The summed E-state index contributed by atoms with van der Waals surface area (Å²) in [5, 5.41) is 24.8. The zero-order valence-electron chi connectivity index (χ0n) is 15.3. The molecule has 2 bridgehead atoms. The Kier molecular flexibility index (Phi) is 3.90. The van der Waals surface area contributed by atoms with E-state index in [0.717, 1.165) is 17.7 Å². The third-order valence-electron chi connectivity index (χ3n) is 6.86. The van der Waals surface area contributed by atoms with Gasteiger partial charge in [0.1, 0.15) is 5.75 Å². The van der Waals surface area contributed by atoms with Crippen LogP contribution in [0.4, 0.5) is 0 Å². The fraction of sp³-hybridized carbons (Fsp3) is 0.600. The molecule has 1 amide bonds. The second-order valence-electron chi connectivity index (χ2n) is 8.12. The molecule has 2 aliphatic carbocycles. The summed E-state index contributed by atoms with van der Waals surface area (Å²) in [6.07, 6.45) is 2.06. The average Bonchev–Trinajstić information content (AvgIpc) is 2.60. The number of carbonyl (C=O) groups excluding carboxylic acids is 2. The van der Waals surface area contributed by atoms with Gasteiger partial charge in [0.2, 0.25) is 5.91 Å². The topological polar surface area (TPSA) is 89.9 Å². The second kappa shape index (κ2) is 5.79. The molecule has 0 unspecified atom stereocenters. The number of benzene rings is 1. The fourth-order valence-electron chi connectivity index (χ4n) is 5.45.